The van der Waals surface area contributed by atoms with Gasteiger partial charge < -0.3 is 29.5 Å². The zero-order valence-electron chi connectivity index (χ0n) is 23.4. The molecule has 1 aromatic rings. The summed E-state index contributed by atoms with van der Waals surface area (Å²) in [7, 11) is 0. The number of rotatable bonds is 21. The van der Waals surface area contributed by atoms with Crippen LogP contribution in [0.2, 0.25) is 0 Å². The van der Waals surface area contributed by atoms with Gasteiger partial charge in [0.2, 0.25) is 0 Å². The van der Waals surface area contributed by atoms with Gasteiger partial charge >= 0.3 is 18.0 Å². The molecule has 9 heteroatoms. The van der Waals surface area contributed by atoms with Crippen molar-refractivity contribution < 1.29 is 29.5 Å². The van der Waals surface area contributed by atoms with Gasteiger partial charge in [-0.3, -0.25) is 0 Å². The minimum Gasteiger partial charge on any atom is -0.460 e. The van der Waals surface area contributed by atoms with Crippen LogP contribution < -0.4 is 14.2 Å². The van der Waals surface area contributed by atoms with Crippen LogP contribution >= 0.6 is 0 Å². The summed E-state index contributed by atoms with van der Waals surface area (Å²) in [6.07, 6.45) is 7.25. The summed E-state index contributed by atoms with van der Waals surface area (Å²) < 4.78 is 18.3. The number of nitrogens with zero attached hydrogens (tertiary/aromatic N) is 3. The van der Waals surface area contributed by atoms with E-state index in [4.69, 9.17) is 14.2 Å². The van der Waals surface area contributed by atoms with Crippen LogP contribution in [0.5, 0.6) is 18.0 Å². The van der Waals surface area contributed by atoms with Gasteiger partial charge in [-0.1, -0.05) is 59.3 Å². The highest BCUT2D eigenvalue weighted by molar-refractivity contribution is 5.10. The molecule has 0 aromatic carbocycles. The van der Waals surface area contributed by atoms with Crippen molar-refractivity contribution in [2.75, 3.05) is 0 Å². The Bertz CT molecular complexity index is 587. The summed E-state index contributed by atoms with van der Waals surface area (Å²) in [4.78, 5) is 13.2. The second kappa shape index (κ2) is 18.5. The van der Waals surface area contributed by atoms with E-state index < -0.39 is 18.3 Å². The van der Waals surface area contributed by atoms with E-state index in [1.165, 1.54) is 0 Å². The molecule has 36 heavy (non-hydrogen) atoms. The Balaban J connectivity index is 3.25. The van der Waals surface area contributed by atoms with E-state index in [9.17, 15) is 15.3 Å². The van der Waals surface area contributed by atoms with E-state index in [1.807, 2.05) is 0 Å². The third kappa shape index (κ3) is 14.8. The van der Waals surface area contributed by atoms with Gasteiger partial charge in [0, 0.05) is 19.3 Å². The number of aliphatic hydroxyl groups excluding tert-OH is 3. The van der Waals surface area contributed by atoms with E-state index in [2.05, 4.69) is 35.7 Å². The first-order valence-corrected chi connectivity index (χ1v) is 14.0. The predicted octanol–water partition coefficient (Wildman–Crippen LogP) is 5.00. The largest absolute Gasteiger partial charge is 0.460 e. The van der Waals surface area contributed by atoms with Crippen LogP contribution in [0.1, 0.15) is 119 Å². The van der Waals surface area contributed by atoms with Crippen molar-refractivity contribution in [1.82, 2.24) is 15.0 Å². The predicted molar refractivity (Wildman–Crippen MR) is 141 cm³/mol. The van der Waals surface area contributed by atoms with Gasteiger partial charge in [0.05, 0.1) is 18.3 Å². The molecule has 0 fully saturated rings. The Labute approximate surface area is 218 Å². The molecule has 3 N–H and O–H groups in total. The quantitative estimate of drug-likeness (QED) is 0.208. The van der Waals surface area contributed by atoms with E-state index in [0.29, 0.717) is 19.3 Å². The van der Waals surface area contributed by atoms with E-state index in [0.717, 1.165) is 57.8 Å². The van der Waals surface area contributed by atoms with Crippen LogP contribution in [0.3, 0.4) is 0 Å². The van der Waals surface area contributed by atoms with Crippen LogP contribution in [0.25, 0.3) is 0 Å². The lowest BCUT2D eigenvalue weighted by Gasteiger charge is -2.23. The molecule has 0 saturated carbocycles. The average molecular weight is 514 g/mol. The Hall–Kier alpha value is -1.71. The van der Waals surface area contributed by atoms with Crippen LogP contribution in [0.15, 0.2) is 0 Å². The van der Waals surface area contributed by atoms with Crippen molar-refractivity contribution in [3.63, 3.8) is 0 Å². The lowest BCUT2D eigenvalue weighted by molar-refractivity contribution is 0.0733. The number of hydrogen-bond acceptors (Lipinski definition) is 9. The number of ether oxygens (including phenoxy) is 3. The van der Waals surface area contributed by atoms with E-state index in [1.54, 1.807) is 20.8 Å². The van der Waals surface area contributed by atoms with Gasteiger partial charge in [-0.15, -0.1) is 15.0 Å². The van der Waals surface area contributed by atoms with Gasteiger partial charge in [-0.2, -0.15) is 0 Å². The molecule has 1 rings (SSSR count). The maximum Gasteiger partial charge on any atom is 0.326 e. The summed E-state index contributed by atoms with van der Waals surface area (Å²) >= 11 is 0. The fourth-order valence-corrected chi connectivity index (χ4v) is 4.04. The highest BCUT2D eigenvalue weighted by Crippen LogP contribution is 2.24. The van der Waals surface area contributed by atoms with Crippen molar-refractivity contribution in [3.8, 4) is 18.0 Å². The SMILES string of the molecule is CCCCC(CC(C)O)Oc1nc(OC(CCCC)CC(C)O)nc(OC(CCCC)CC(C)O)n1. The first-order chi connectivity index (χ1) is 17.2. The van der Waals surface area contributed by atoms with Gasteiger partial charge in [0.1, 0.15) is 18.3 Å². The number of aliphatic hydroxyl groups is 3. The average Bonchev–Trinajstić information content (AvgIpc) is 2.78. The second-order valence-electron chi connectivity index (χ2n) is 10.1. The molecule has 0 bridgehead atoms. The summed E-state index contributed by atoms with van der Waals surface area (Å²) in [6.45, 7) is 11.5. The molecule has 0 amide bonds. The highest BCUT2D eigenvalue weighted by Gasteiger charge is 2.22. The van der Waals surface area contributed by atoms with Gasteiger partial charge in [-0.05, 0) is 40.0 Å². The Morgan fingerprint density at radius 2 is 0.778 bits per heavy atom. The molecule has 6 unspecified atom stereocenters. The molecule has 1 aromatic heterocycles. The zero-order chi connectivity index (χ0) is 26.9. The third-order valence-electron chi connectivity index (χ3n) is 5.84. The first kappa shape index (κ1) is 32.3. The maximum absolute atomic E-state index is 9.95. The normalized spacial score (nSPS) is 16.6. The molecule has 0 saturated heterocycles. The summed E-state index contributed by atoms with van der Waals surface area (Å²) in [5.41, 5.74) is 0. The van der Waals surface area contributed by atoms with Crippen LogP contribution in [0.4, 0.5) is 0 Å². The topological polar surface area (TPSA) is 127 Å². The van der Waals surface area contributed by atoms with Crippen molar-refractivity contribution in [2.24, 2.45) is 0 Å². The smallest absolute Gasteiger partial charge is 0.326 e. The minimum atomic E-state index is -0.519. The van der Waals surface area contributed by atoms with Gasteiger partial charge in [0.15, 0.2) is 0 Å². The Kier molecular flexibility index (Phi) is 16.6. The van der Waals surface area contributed by atoms with E-state index >= 15 is 0 Å². The van der Waals surface area contributed by atoms with Crippen molar-refractivity contribution >= 4 is 0 Å². The van der Waals surface area contributed by atoms with Crippen LogP contribution in [-0.2, 0) is 0 Å². The summed E-state index contributed by atoms with van der Waals surface area (Å²) in [6, 6.07) is 0.276. The number of aromatic nitrogens is 3. The van der Waals surface area contributed by atoms with Gasteiger partial charge in [-0.25, -0.2) is 0 Å². The first-order valence-electron chi connectivity index (χ1n) is 14.0. The molecule has 1 heterocycles. The fourth-order valence-electron chi connectivity index (χ4n) is 4.04. The summed E-state index contributed by atoms with van der Waals surface area (Å²) in [5.74, 6) is 0. The molecular formula is C27H51N3O6. The molecule has 9 nitrogen and oxygen atoms in total. The number of unbranched alkanes of at least 4 members (excludes halogenated alkanes) is 3. The van der Waals surface area contributed by atoms with Crippen LogP contribution in [0, 0.1) is 0 Å². The molecular weight excluding hydrogens is 462 g/mol. The Morgan fingerprint density at radius 3 is 0.972 bits per heavy atom. The zero-order valence-corrected chi connectivity index (χ0v) is 23.4. The Morgan fingerprint density at radius 1 is 0.528 bits per heavy atom. The van der Waals surface area contributed by atoms with Crippen LogP contribution in [-0.4, -0.2) is 66.9 Å². The lowest BCUT2D eigenvalue weighted by Crippen LogP contribution is -2.26. The monoisotopic (exact) mass is 513 g/mol. The molecule has 0 aliphatic carbocycles. The second-order valence-corrected chi connectivity index (χ2v) is 10.1. The summed E-state index contributed by atoms with van der Waals surface area (Å²) in [5, 5.41) is 29.8. The van der Waals surface area contributed by atoms with Crippen molar-refractivity contribution in [2.45, 2.75) is 155 Å². The van der Waals surface area contributed by atoms with Crippen molar-refractivity contribution in [3.05, 3.63) is 0 Å². The molecule has 0 spiro atoms. The third-order valence-corrected chi connectivity index (χ3v) is 5.84. The molecule has 6 atom stereocenters. The molecule has 0 aliphatic heterocycles. The molecule has 210 valence electrons. The van der Waals surface area contributed by atoms with E-state index in [-0.39, 0.29) is 36.3 Å². The lowest BCUT2D eigenvalue weighted by atomic mass is 10.1. The molecule has 0 radical (unpaired) electrons. The van der Waals surface area contributed by atoms with Crippen molar-refractivity contribution in [1.29, 1.82) is 0 Å². The van der Waals surface area contributed by atoms with Gasteiger partial charge in [0.25, 0.3) is 0 Å². The maximum atomic E-state index is 9.95. The number of hydrogen-bond donors (Lipinski definition) is 3. The standard InChI is InChI=1S/C27H51N3O6/c1-7-10-13-22(16-19(4)31)34-25-28-26(35-23(14-11-8-2)17-20(5)32)30-27(29-25)36-24(15-12-9-3)18-21(6)33/h19-24,31-33H,7-18H2,1-6H3. The highest BCUT2D eigenvalue weighted by atomic mass is 16.5. The minimum absolute atomic E-state index is 0.0920. The fraction of sp³-hybridized carbons (Fsp3) is 0.889. The molecule has 0 aliphatic rings.